The molecular weight excluding hydrogens is 296 g/mol. The van der Waals surface area contributed by atoms with Crippen LogP contribution in [-0.4, -0.2) is 53.6 Å². The maximum atomic E-state index is 8.41. The summed E-state index contributed by atoms with van der Waals surface area (Å²) < 4.78 is 0. The van der Waals surface area contributed by atoms with Gasteiger partial charge < -0.3 is 43.8 Å². The number of aromatic nitrogens is 6. The Kier molecular flexibility index (Phi) is 6.20. The van der Waals surface area contributed by atoms with E-state index in [2.05, 4.69) is 40.5 Å². The lowest BCUT2D eigenvalue weighted by Crippen LogP contribution is -2.09. The highest BCUT2D eigenvalue weighted by atomic mass is 16.3. The van der Waals surface area contributed by atoms with Crippen molar-refractivity contribution in [3.8, 4) is 0 Å². The normalized spacial score (nSPS) is 9.55. The molecule has 2 aromatic heterocycles. The monoisotopic (exact) mass is 312 g/mol. The van der Waals surface area contributed by atoms with Gasteiger partial charge >= 0.3 is 0 Å². The van der Waals surface area contributed by atoms with Crippen molar-refractivity contribution in [3.05, 3.63) is 0 Å². The van der Waals surface area contributed by atoms with E-state index < -0.39 is 0 Å². The van der Waals surface area contributed by atoms with Gasteiger partial charge in [-0.2, -0.15) is 29.9 Å². The summed E-state index contributed by atoms with van der Waals surface area (Å²) >= 11 is 0. The molecule has 0 saturated carbocycles. The van der Waals surface area contributed by atoms with E-state index >= 15 is 0 Å². The molecule has 0 aliphatic heterocycles. The Hall–Kier alpha value is -3.26. The molecule has 22 heavy (non-hydrogen) atoms. The molecule has 120 valence electrons. The van der Waals surface area contributed by atoms with Crippen molar-refractivity contribution in [3.63, 3.8) is 0 Å². The number of hydrogen-bond acceptors (Lipinski definition) is 14. The number of anilines is 6. The third-order valence-corrected chi connectivity index (χ3v) is 1.81. The number of hydrogen-bond donors (Lipinski definition) is 8. The second-order valence-corrected chi connectivity index (χ2v) is 3.42. The lowest BCUT2D eigenvalue weighted by molar-refractivity contribution is 0.324. The number of nitrogens with one attached hydrogen (secondary N) is 2. The number of aliphatic hydroxyl groups excluding tert-OH is 2. The highest BCUT2D eigenvalue weighted by molar-refractivity contribution is 5.37. The van der Waals surface area contributed by atoms with Crippen molar-refractivity contribution < 1.29 is 10.2 Å². The molecule has 0 fully saturated rings. The SMILES string of the molecule is Nc1nc(N)nc(NCO)n1.Nc1nc(N)nc(NCO)n1. The van der Waals surface area contributed by atoms with Gasteiger partial charge in [0.2, 0.25) is 35.7 Å². The van der Waals surface area contributed by atoms with Gasteiger partial charge in [0, 0.05) is 0 Å². The molecule has 0 spiro atoms. The van der Waals surface area contributed by atoms with Gasteiger partial charge in [0.05, 0.1) is 0 Å². The Morgan fingerprint density at radius 2 is 0.864 bits per heavy atom. The Morgan fingerprint density at radius 1 is 0.591 bits per heavy atom. The van der Waals surface area contributed by atoms with Crippen LogP contribution in [0.3, 0.4) is 0 Å². The Balaban J connectivity index is 0.000000220. The third kappa shape index (κ3) is 5.80. The molecule has 14 heteroatoms. The van der Waals surface area contributed by atoms with E-state index in [0.29, 0.717) is 0 Å². The molecule has 0 bridgehead atoms. The van der Waals surface area contributed by atoms with Gasteiger partial charge in [0.25, 0.3) is 0 Å². The maximum Gasteiger partial charge on any atom is 0.231 e. The number of nitrogens with zero attached hydrogens (tertiary/aromatic N) is 6. The van der Waals surface area contributed by atoms with Crippen LogP contribution in [0.25, 0.3) is 0 Å². The zero-order valence-corrected chi connectivity index (χ0v) is 11.3. The molecule has 0 aliphatic rings. The van der Waals surface area contributed by atoms with Crippen molar-refractivity contribution in [2.24, 2.45) is 0 Å². The predicted octanol–water partition coefficient (Wildman–Crippen LogP) is -3.20. The van der Waals surface area contributed by atoms with Crippen molar-refractivity contribution in [1.82, 2.24) is 29.9 Å². The van der Waals surface area contributed by atoms with Crippen LogP contribution < -0.4 is 33.6 Å². The quantitative estimate of drug-likeness (QED) is 0.259. The van der Waals surface area contributed by atoms with Crippen LogP contribution in [0.2, 0.25) is 0 Å². The highest BCUT2D eigenvalue weighted by Gasteiger charge is 1.99. The summed E-state index contributed by atoms with van der Waals surface area (Å²) in [4.78, 5) is 21.6. The van der Waals surface area contributed by atoms with Crippen molar-refractivity contribution in [2.45, 2.75) is 0 Å². The van der Waals surface area contributed by atoms with Crippen molar-refractivity contribution in [2.75, 3.05) is 47.0 Å². The summed E-state index contributed by atoms with van der Waals surface area (Å²) in [7, 11) is 0. The standard InChI is InChI=1S/2C4H8N6O/c2*5-2-8-3(6)10-4(9-2)7-1-11/h2*11H,1H2,(H5,5,6,7,8,9,10). The fourth-order valence-corrected chi connectivity index (χ4v) is 1.12. The summed E-state index contributed by atoms with van der Waals surface area (Å²) in [5.74, 6) is 0.416. The number of nitrogen functional groups attached to an aromatic ring is 4. The first kappa shape index (κ1) is 16.8. The van der Waals surface area contributed by atoms with Crippen LogP contribution in [0.5, 0.6) is 0 Å². The summed E-state index contributed by atoms with van der Waals surface area (Å²) in [5.41, 5.74) is 20.9. The van der Waals surface area contributed by atoms with Crippen LogP contribution in [0.1, 0.15) is 0 Å². The molecule has 0 radical (unpaired) electrons. The van der Waals surface area contributed by atoms with Crippen LogP contribution in [0, 0.1) is 0 Å². The van der Waals surface area contributed by atoms with Crippen molar-refractivity contribution >= 4 is 35.7 Å². The van der Waals surface area contributed by atoms with Gasteiger partial charge in [-0.05, 0) is 0 Å². The largest absolute Gasteiger partial charge is 0.376 e. The molecule has 0 aliphatic carbocycles. The maximum absolute atomic E-state index is 8.41. The second kappa shape index (κ2) is 8.12. The molecule has 0 atom stereocenters. The fraction of sp³-hybridized carbons (Fsp3) is 0.250. The third-order valence-electron chi connectivity index (χ3n) is 1.81. The van der Waals surface area contributed by atoms with Gasteiger partial charge in [0.15, 0.2) is 0 Å². The van der Waals surface area contributed by atoms with E-state index in [1.54, 1.807) is 0 Å². The fourth-order valence-electron chi connectivity index (χ4n) is 1.12. The molecule has 2 heterocycles. The molecule has 0 unspecified atom stereocenters. The van der Waals surface area contributed by atoms with Gasteiger partial charge in [0.1, 0.15) is 13.5 Å². The molecule has 2 rings (SSSR count). The minimum absolute atomic E-state index is 0.0217. The smallest absolute Gasteiger partial charge is 0.231 e. The number of aliphatic hydroxyl groups is 2. The Bertz CT molecular complexity index is 514. The Labute approximate surface area is 124 Å². The van der Waals surface area contributed by atoms with E-state index in [4.69, 9.17) is 33.1 Å². The number of rotatable bonds is 4. The molecule has 0 saturated heterocycles. The molecule has 14 nitrogen and oxygen atoms in total. The molecule has 2 aromatic rings. The first-order valence-electron chi connectivity index (χ1n) is 5.68. The second-order valence-electron chi connectivity index (χ2n) is 3.42. The minimum atomic E-state index is -0.275. The Morgan fingerprint density at radius 3 is 1.09 bits per heavy atom. The van der Waals surface area contributed by atoms with Crippen LogP contribution in [0.4, 0.5) is 35.7 Å². The first-order valence-corrected chi connectivity index (χ1v) is 5.68. The van der Waals surface area contributed by atoms with E-state index in [1.165, 1.54) is 0 Å². The lowest BCUT2D eigenvalue weighted by Gasteiger charge is -2.00. The van der Waals surface area contributed by atoms with E-state index in [9.17, 15) is 0 Å². The predicted molar refractivity (Wildman–Crippen MR) is 78.7 cm³/mol. The highest BCUT2D eigenvalue weighted by Crippen LogP contribution is 2.02. The van der Waals surface area contributed by atoms with Crippen molar-refractivity contribution in [1.29, 1.82) is 0 Å². The van der Waals surface area contributed by atoms with Gasteiger partial charge in [-0.3, -0.25) is 0 Å². The lowest BCUT2D eigenvalue weighted by atomic mass is 10.8. The zero-order chi connectivity index (χ0) is 16.5. The molecule has 12 N–H and O–H groups in total. The molecule has 0 aromatic carbocycles. The number of nitrogens with two attached hydrogens (primary N) is 4. The average Bonchev–Trinajstić information content (AvgIpc) is 2.37. The average molecular weight is 312 g/mol. The van der Waals surface area contributed by atoms with E-state index in [-0.39, 0.29) is 49.2 Å². The topological polar surface area (TPSA) is 246 Å². The summed E-state index contributed by atoms with van der Waals surface area (Å²) in [6.45, 7) is -0.550. The van der Waals surface area contributed by atoms with Gasteiger partial charge in [-0.25, -0.2) is 0 Å². The van der Waals surface area contributed by atoms with Crippen LogP contribution in [-0.2, 0) is 0 Å². The molecule has 0 amide bonds. The summed E-state index contributed by atoms with van der Waals surface area (Å²) in [6.07, 6.45) is 0. The van der Waals surface area contributed by atoms with E-state index in [0.717, 1.165) is 0 Å². The van der Waals surface area contributed by atoms with E-state index in [1.807, 2.05) is 0 Å². The zero-order valence-electron chi connectivity index (χ0n) is 11.3. The van der Waals surface area contributed by atoms with Crippen LogP contribution in [0.15, 0.2) is 0 Å². The van der Waals surface area contributed by atoms with Gasteiger partial charge in [-0.1, -0.05) is 0 Å². The van der Waals surface area contributed by atoms with Crippen LogP contribution >= 0.6 is 0 Å². The first-order chi connectivity index (χ1) is 10.4. The minimum Gasteiger partial charge on any atom is -0.376 e. The summed E-state index contributed by atoms with van der Waals surface area (Å²) in [6, 6.07) is 0. The van der Waals surface area contributed by atoms with Gasteiger partial charge in [-0.15, -0.1) is 0 Å². The molecular formula is C8H16N12O2. The summed E-state index contributed by atoms with van der Waals surface area (Å²) in [5, 5.41) is 21.7.